The summed E-state index contributed by atoms with van der Waals surface area (Å²) >= 11 is 0. The van der Waals surface area contributed by atoms with Gasteiger partial charge in [-0.05, 0) is 44.4 Å². The monoisotopic (exact) mass is 233 g/mol. The zero-order chi connectivity index (χ0) is 12.1. The van der Waals surface area contributed by atoms with Gasteiger partial charge >= 0.3 is 0 Å². The summed E-state index contributed by atoms with van der Waals surface area (Å²) < 4.78 is 0. The quantitative estimate of drug-likeness (QED) is 0.866. The van der Waals surface area contributed by atoms with E-state index in [1.165, 1.54) is 44.5 Å². The highest BCUT2D eigenvalue weighted by atomic mass is 15.1. The Morgan fingerprint density at radius 3 is 2.82 bits per heavy atom. The number of hydrogen-bond donors (Lipinski definition) is 1. The smallest absolute Gasteiger partial charge is 0.129 e. The van der Waals surface area contributed by atoms with Crippen molar-refractivity contribution >= 4 is 5.82 Å². The van der Waals surface area contributed by atoms with Crippen LogP contribution in [-0.4, -0.2) is 35.6 Å². The molecule has 0 aromatic carbocycles. The molecule has 2 heterocycles. The molecule has 0 amide bonds. The van der Waals surface area contributed by atoms with Crippen LogP contribution in [0.25, 0.3) is 0 Å². The van der Waals surface area contributed by atoms with Crippen LogP contribution in [0.3, 0.4) is 0 Å². The van der Waals surface area contributed by atoms with Crippen molar-refractivity contribution in [3.63, 3.8) is 0 Å². The highest BCUT2D eigenvalue weighted by Gasteiger charge is 2.18. The van der Waals surface area contributed by atoms with Gasteiger partial charge in [0.2, 0.25) is 0 Å². The number of nitrogens with one attached hydrogen (secondary N) is 1. The molecule has 1 saturated heterocycles. The molecule has 0 unspecified atom stereocenters. The average Bonchev–Trinajstić information content (AvgIpc) is 2.35. The lowest BCUT2D eigenvalue weighted by Crippen LogP contribution is -2.39. The Kier molecular flexibility index (Phi) is 4.37. The van der Waals surface area contributed by atoms with Crippen molar-refractivity contribution < 1.29 is 0 Å². The van der Waals surface area contributed by atoms with Crippen LogP contribution in [0, 0.1) is 6.92 Å². The van der Waals surface area contributed by atoms with Crippen molar-refractivity contribution in [2.75, 3.05) is 25.0 Å². The Morgan fingerprint density at radius 1 is 1.41 bits per heavy atom. The van der Waals surface area contributed by atoms with E-state index in [4.69, 9.17) is 0 Å². The zero-order valence-electron chi connectivity index (χ0n) is 10.9. The summed E-state index contributed by atoms with van der Waals surface area (Å²) in [6.07, 6.45) is 5.59. The van der Waals surface area contributed by atoms with Gasteiger partial charge in [-0.15, -0.1) is 0 Å². The summed E-state index contributed by atoms with van der Waals surface area (Å²) in [5.74, 6) is 1.06. The van der Waals surface area contributed by atoms with Gasteiger partial charge in [-0.1, -0.05) is 13.0 Å². The largest absolute Gasteiger partial charge is 0.367 e. The van der Waals surface area contributed by atoms with Gasteiger partial charge < -0.3 is 10.2 Å². The summed E-state index contributed by atoms with van der Waals surface area (Å²) in [6.45, 7) is 8.05. The fourth-order valence-electron chi connectivity index (χ4n) is 2.45. The highest BCUT2D eigenvalue weighted by molar-refractivity contribution is 5.43. The summed E-state index contributed by atoms with van der Waals surface area (Å²) in [5.41, 5.74) is 1.24. The molecular weight excluding hydrogens is 210 g/mol. The molecule has 1 fully saturated rings. The second kappa shape index (κ2) is 6.01. The van der Waals surface area contributed by atoms with Crippen LogP contribution in [0.2, 0.25) is 0 Å². The number of anilines is 1. The average molecular weight is 233 g/mol. The third-order valence-corrected chi connectivity index (χ3v) is 3.48. The molecule has 1 aliphatic heterocycles. The number of aryl methyl sites for hydroxylation is 1. The number of hydrogen-bond acceptors (Lipinski definition) is 3. The lowest BCUT2D eigenvalue weighted by Gasteiger charge is -2.32. The van der Waals surface area contributed by atoms with Crippen molar-refractivity contribution in [2.24, 2.45) is 0 Å². The molecule has 1 aromatic rings. The lowest BCUT2D eigenvalue weighted by atomic mass is 10.0. The van der Waals surface area contributed by atoms with Gasteiger partial charge in [0.1, 0.15) is 5.82 Å². The first-order chi connectivity index (χ1) is 8.29. The maximum Gasteiger partial charge on any atom is 0.129 e. The Morgan fingerprint density at radius 2 is 2.18 bits per heavy atom. The molecule has 0 saturated carbocycles. The summed E-state index contributed by atoms with van der Waals surface area (Å²) in [5, 5.41) is 3.57. The van der Waals surface area contributed by atoms with Crippen molar-refractivity contribution in [2.45, 2.75) is 39.2 Å². The number of nitrogens with zero attached hydrogens (tertiary/aromatic N) is 2. The molecule has 3 heteroatoms. The van der Waals surface area contributed by atoms with E-state index >= 15 is 0 Å². The van der Waals surface area contributed by atoms with E-state index in [0.717, 1.165) is 5.82 Å². The van der Waals surface area contributed by atoms with Crippen LogP contribution in [-0.2, 0) is 0 Å². The number of rotatable bonds is 4. The van der Waals surface area contributed by atoms with E-state index in [0.29, 0.717) is 6.04 Å². The SMILES string of the molecule is CCCN1CCC(Nc2ncccc2C)CC1. The fourth-order valence-corrected chi connectivity index (χ4v) is 2.45. The maximum absolute atomic E-state index is 4.40. The van der Waals surface area contributed by atoms with E-state index in [1.807, 2.05) is 12.3 Å². The van der Waals surface area contributed by atoms with Crippen molar-refractivity contribution in [1.82, 2.24) is 9.88 Å². The topological polar surface area (TPSA) is 28.2 Å². The van der Waals surface area contributed by atoms with Gasteiger partial charge in [0.25, 0.3) is 0 Å². The number of piperidine rings is 1. The molecule has 17 heavy (non-hydrogen) atoms. The van der Waals surface area contributed by atoms with Gasteiger partial charge in [-0.25, -0.2) is 4.98 Å². The second-order valence-corrected chi connectivity index (χ2v) is 4.93. The van der Waals surface area contributed by atoms with Crippen molar-refractivity contribution in [1.29, 1.82) is 0 Å². The molecule has 3 nitrogen and oxygen atoms in total. The molecule has 94 valence electrons. The predicted molar refractivity (Wildman–Crippen MR) is 72.3 cm³/mol. The Bertz CT molecular complexity index is 343. The minimum absolute atomic E-state index is 0.594. The van der Waals surface area contributed by atoms with Gasteiger partial charge in [0, 0.05) is 25.3 Å². The molecular formula is C14H23N3. The minimum atomic E-state index is 0.594. The molecule has 0 radical (unpaired) electrons. The summed E-state index contributed by atoms with van der Waals surface area (Å²) in [7, 11) is 0. The number of likely N-dealkylation sites (tertiary alicyclic amines) is 1. The second-order valence-electron chi connectivity index (χ2n) is 4.93. The van der Waals surface area contributed by atoms with E-state index in [1.54, 1.807) is 0 Å². The van der Waals surface area contributed by atoms with Crippen LogP contribution in [0.5, 0.6) is 0 Å². The first-order valence-electron chi connectivity index (χ1n) is 6.70. The van der Waals surface area contributed by atoms with Crippen LogP contribution < -0.4 is 5.32 Å². The van der Waals surface area contributed by atoms with Gasteiger partial charge in [0.15, 0.2) is 0 Å². The van der Waals surface area contributed by atoms with Gasteiger partial charge in [0.05, 0.1) is 0 Å². The van der Waals surface area contributed by atoms with E-state index < -0.39 is 0 Å². The Labute approximate surface area is 104 Å². The molecule has 0 atom stereocenters. The zero-order valence-corrected chi connectivity index (χ0v) is 10.9. The first-order valence-corrected chi connectivity index (χ1v) is 6.70. The predicted octanol–water partition coefficient (Wildman–Crippen LogP) is 2.68. The molecule has 0 spiro atoms. The molecule has 0 aliphatic carbocycles. The molecule has 0 bridgehead atoms. The Hall–Kier alpha value is -1.09. The maximum atomic E-state index is 4.40. The highest BCUT2D eigenvalue weighted by Crippen LogP contribution is 2.17. The first kappa shape index (κ1) is 12.4. The summed E-state index contributed by atoms with van der Waals surface area (Å²) in [4.78, 5) is 6.96. The summed E-state index contributed by atoms with van der Waals surface area (Å²) in [6, 6.07) is 4.70. The van der Waals surface area contributed by atoms with E-state index in [2.05, 4.69) is 35.1 Å². The fraction of sp³-hybridized carbons (Fsp3) is 0.643. The van der Waals surface area contributed by atoms with Crippen molar-refractivity contribution in [3.05, 3.63) is 23.9 Å². The van der Waals surface area contributed by atoms with Crippen LogP contribution >= 0.6 is 0 Å². The third-order valence-electron chi connectivity index (χ3n) is 3.48. The van der Waals surface area contributed by atoms with E-state index in [9.17, 15) is 0 Å². The van der Waals surface area contributed by atoms with Crippen LogP contribution in [0.1, 0.15) is 31.7 Å². The van der Waals surface area contributed by atoms with Crippen molar-refractivity contribution in [3.8, 4) is 0 Å². The normalized spacial score (nSPS) is 18.2. The number of pyridine rings is 1. The van der Waals surface area contributed by atoms with Crippen LogP contribution in [0.15, 0.2) is 18.3 Å². The molecule has 2 rings (SSSR count). The molecule has 1 aromatic heterocycles. The molecule has 1 aliphatic rings. The van der Waals surface area contributed by atoms with Gasteiger partial charge in [-0.2, -0.15) is 0 Å². The Balaban J connectivity index is 1.84. The van der Waals surface area contributed by atoms with E-state index in [-0.39, 0.29) is 0 Å². The van der Waals surface area contributed by atoms with Gasteiger partial charge in [-0.3, -0.25) is 0 Å². The third kappa shape index (κ3) is 3.43. The number of aromatic nitrogens is 1. The minimum Gasteiger partial charge on any atom is -0.367 e. The standard InChI is InChI=1S/C14H23N3/c1-3-9-17-10-6-13(7-11-17)16-14-12(2)5-4-8-15-14/h4-5,8,13H,3,6-7,9-11H2,1-2H3,(H,15,16). The van der Waals surface area contributed by atoms with Crippen LogP contribution in [0.4, 0.5) is 5.82 Å². The lowest BCUT2D eigenvalue weighted by molar-refractivity contribution is 0.219. The molecule has 1 N–H and O–H groups in total.